The highest BCUT2D eigenvalue weighted by Crippen LogP contribution is 2.40. The molecule has 15 heteroatoms. The maximum absolute atomic E-state index is 13.7. The van der Waals surface area contributed by atoms with Crippen molar-refractivity contribution in [3.63, 3.8) is 0 Å². The maximum atomic E-state index is 13.7. The number of aliphatic hydroxyl groups is 1. The third-order valence-corrected chi connectivity index (χ3v) is 10.8. The van der Waals surface area contributed by atoms with Crippen LogP contribution in [0.2, 0.25) is 0 Å². The first-order valence-electron chi connectivity index (χ1n) is 14.6. The highest BCUT2D eigenvalue weighted by atomic mass is 32.2. The van der Waals surface area contributed by atoms with E-state index in [2.05, 4.69) is 4.90 Å². The van der Waals surface area contributed by atoms with Crippen LogP contribution in [0.15, 0.2) is 23.1 Å². The lowest BCUT2D eigenvalue weighted by Crippen LogP contribution is -2.47. The molecule has 1 amide bonds. The minimum Gasteiger partial charge on any atom is -0.677 e. The second-order valence-corrected chi connectivity index (χ2v) is 14.6. The molecule has 2 saturated heterocycles. The molecule has 43 heavy (non-hydrogen) atoms. The molecule has 1 aromatic heterocycles. The van der Waals surface area contributed by atoms with Crippen molar-refractivity contribution in [2.45, 2.75) is 68.4 Å². The predicted octanol–water partition coefficient (Wildman–Crippen LogP) is 3.48. The molecule has 1 unspecified atom stereocenters. The van der Waals surface area contributed by atoms with E-state index in [9.17, 15) is 31.5 Å². The Morgan fingerprint density at radius 2 is 1.88 bits per heavy atom. The summed E-state index contributed by atoms with van der Waals surface area (Å²) in [5.74, 6) is 0.418. The van der Waals surface area contributed by atoms with Crippen molar-refractivity contribution < 1.29 is 31.5 Å². The van der Waals surface area contributed by atoms with Crippen LogP contribution < -0.4 is 0 Å². The SMILES string of the molecule is CS(=O)(=O)N1CCc2c(c(-c3ccc(C(F)(F)F)c(SCC[NH-])c3)nn2CC(O)CN2CCC(N3CCCC3=O)CC2)C1. The second kappa shape index (κ2) is 13.1. The molecule has 4 heterocycles. The molecule has 238 valence electrons. The van der Waals surface area contributed by atoms with Crippen LogP contribution in [-0.4, -0.2) is 107 Å². The summed E-state index contributed by atoms with van der Waals surface area (Å²) >= 11 is 0.954. The molecule has 0 aliphatic carbocycles. The standard InChI is InChI=1S/C28H38F3N6O4S2/c1-43(40,41)35-13-8-24-22(18-35)27(19-4-5-23(28(29,30)31)25(15-19)42-14-9-32)33-37(24)17-21(38)16-34-11-6-20(7-12-34)36-10-2-3-26(36)39/h4-5,15,20-21,32,38H,2-3,6-14,16-18H2,1H3/q-1. The molecule has 3 aliphatic heterocycles. The lowest BCUT2D eigenvalue weighted by atomic mass is 10.0. The molecule has 2 fully saturated rings. The predicted molar refractivity (Wildman–Crippen MR) is 158 cm³/mol. The average molecular weight is 644 g/mol. The van der Waals surface area contributed by atoms with Gasteiger partial charge in [-0.1, -0.05) is 6.07 Å². The van der Waals surface area contributed by atoms with Gasteiger partial charge in [-0.15, -0.1) is 18.3 Å². The Balaban J connectivity index is 1.37. The zero-order valence-electron chi connectivity index (χ0n) is 24.1. The molecular formula is C28H38F3N6O4S2-. The van der Waals surface area contributed by atoms with E-state index in [-0.39, 0.29) is 48.8 Å². The van der Waals surface area contributed by atoms with Gasteiger partial charge in [-0.25, -0.2) is 8.42 Å². The van der Waals surface area contributed by atoms with Gasteiger partial charge in [-0.3, -0.25) is 9.48 Å². The molecule has 1 atom stereocenters. The van der Waals surface area contributed by atoms with E-state index in [0.717, 1.165) is 68.7 Å². The van der Waals surface area contributed by atoms with Gasteiger partial charge in [0.05, 0.1) is 30.2 Å². The van der Waals surface area contributed by atoms with Gasteiger partial charge in [0, 0.05) is 79.9 Å². The zero-order valence-corrected chi connectivity index (χ0v) is 25.8. The molecule has 2 aromatic rings. The van der Waals surface area contributed by atoms with Crippen molar-refractivity contribution in [2.24, 2.45) is 0 Å². The fraction of sp³-hybridized carbons (Fsp3) is 0.643. The van der Waals surface area contributed by atoms with E-state index in [1.807, 2.05) is 4.90 Å². The van der Waals surface area contributed by atoms with Crippen LogP contribution >= 0.6 is 11.8 Å². The van der Waals surface area contributed by atoms with Crippen LogP contribution in [0.25, 0.3) is 17.0 Å². The normalized spacial score (nSPS) is 20.1. The van der Waals surface area contributed by atoms with E-state index in [0.29, 0.717) is 36.2 Å². The third kappa shape index (κ3) is 7.39. The summed E-state index contributed by atoms with van der Waals surface area (Å²) in [6, 6.07) is 4.03. The highest BCUT2D eigenvalue weighted by molar-refractivity contribution is 7.99. The Morgan fingerprint density at radius 3 is 2.51 bits per heavy atom. The third-order valence-electron chi connectivity index (χ3n) is 8.45. The van der Waals surface area contributed by atoms with Crippen LogP contribution in [0.4, 0.5) is 13.2 Å². The fourth-order valence-electron chi connectivity index (χ4n) is 6.34. The van der Waals surface area contributed by atoms with Crippen molar-refractivity contribution >= 4 is 27.7 Å². The largest absolute Gasteiger partial charge is 0.677 e. The molecule has 3 aliphatic rings. The molecule has 0 radical (unpaired) electrons. The number of hydrogen-bond donors (Lipinski definition) is 1. The number of nitrogens with one attached hydrogen (secondary N) is 1. The second-order valence-electron chi connectivity index (χ2n) is 11.5. The van der Waals surface area contributed by atoms with E-state index in [1.165, 1.54) is 16.4 Å². The lowest BCUT2D eigenvalue weighted by molar-refractivity contribution is -0.139. The monoisotopic (exact) mass is 643 g/mol. The van der Waals surface area contributed by atoms with E-state index in [1.54, 1.807) is 4.68 Å². The van der Waals surface area contributed by atoms with Crippen LogP contribution in [-0.2, 0) is 40.5 Å². The lowest BCUT2D eigenvalue weighted by Gasteiger charge is -2.37. The Kier molecular flexibility index (Phi) is 9.78. The Hall–Kier alpha value is -2.17. The van der Waals surface area contributed by atoms with Crippen molar-refractivity contribution in [3.8, 4) is 11.3 Å². The number of likely N-dealkylation sites (tertiary alicyclic amines) is 2. The van der Waals surface area contributed by atoms with Gasteiger partial charge >= 0.3 is 6.18 Å². The van der Waals surface area contributed by atoms with Crippen LogP contribution in [0.5, 0.6) is 0 Å². The average Bonchev–Trinajstić information content (AvgIpc) is 3.54. The van der Waals surface area contributed by atoms with Crippen molar-refractivity contribution in [1.29, 1.82) is 0 Å². The number of rotatable bonds is 10. The minimum absolute atomic E-state index is 0.00426. The number of carbonyl (C=O) groups is 1. The van der Waals surface area contributed by atoms with Crippen molar-refractivity contribution in [1.82, 2.24) is 23.9 Å². The van der Waals surface area contributed by atoms with Crippen molar-refractivity contribution in [2.75, 3.05) is 51.3 Å². The zero-order chi connectivity index (χ0) is 30.9. The summed E-state index contributed by atoms with van der Waals surface area (Å²) in [5.41, 5.74) is 8.82. The summed E-state index contributed by atoms with van der Waals surface area (Å²) in [4.78, 5) is 16.3. The Morgan fingerprint density at radius 1 is 1.14 bits per heavy atom. The number of amides is 1. The molecule has 10 nitrogen and oxygen atoms in total. The van der Waals surface area contributed by atoms with Gasteiger partial charge in [-0.05, 0) is 37.1 Å². The Bertz CT molecular complexity index is 1430. The van der Waals surface area contributed by atoms with E-state index in [4.69, 9.17) is 10.8 Å². The van der Waals surface area contributed by atoms with Gasteiger partial charge in [-0.2, -0.15) is 22.6 Å². The summed E-state index contributed by atoms with van der Waals surface area (Å²) in [6.07, 6.45) is -0.600. The number of β-amino-alcohol motifs (C(OH)–C–C–N with tert-alkyl or cyclic N) is 1. The van der Waals surface area contributed by atoms with Gasteiger partial charge in [0.2, 0.25) is 15.9 Å². The number of halogens is 3. The molecule has 0 bridgehead atoms. The number of piperidine rings is 1. The number of aliphatic hydroxyl groups excluding tert-OH is 1. The number of thioether (sulfide) groups is 1. The molecule has 0 saturated carbocycles. The van der Waals surface area contributed by atoms with E-state index >= 15 is 0 Å². The molecular weight excluding hydrogens is 605 g/mol. The van der Waals surface area contributed by atoms with Crippen LogP contribution in [0, 0.1) is 0 Å². The number of nitrogens with zero attached hydrogens (tertiary/aromatic N) is 5. The number of carbonyl (C=O) groups excluding carboxylic acids is 1. The van der Waals surface area contributed by atoms with E-state index < -0.39 is 27.9 Å². The van der Waals surface area contributed by atoms with Crippen LogP contribution in [0.1, 0.15) is 42.5 Å². The van der Waals surface area contributed by atoms with Crippen molar-refractivity contribution in [3.05, 3.63) is 40.8 Å². The maximum Gasteiger partial charge on any atom is 0.417 e. The molecule has 1 aromatic carbocycles. The number of aromatic nitrogens is 2. The summed E-state index contributed by atoms with van der Waals surface area (Å²) in [7, 11) is -3.52. The van der Waals surface area contributed by atoms with Gasteiger partial charge in [0.1, 0.15) is 0 Å². The fourth-order valence-corrected chi connectivity index (χ4v) is 8.00. The minimum atomic E-state index is -4.56. The first-order valence-corrected chi connectivity index (χ1v) is 17.4. The van der Waals surface area contributed by atoms with Gasteiger partial charge in [0.15, 0.2) is 0 Å². The molecule has 2 N–H and O–H groups in total. The first kappa shape index (κ1) is 32.2. The first-order chi connectivity index (χ1) is 20.3. The number of hydrogen-bond acceptors (Lipinski definition) is 7. The summed E-state index contributed by atoms with van der Waals surface area (Å²) < 4.78 is 68.9. The van der Waals surface area contributed by atoms with Gasteiger partial charge in [0.25, 0.3) is 0 Å². The smallest absolute Gasteiger partial charge is 0.417 e. The Labute approximate surface area is 254 Å². The number of sulfonamides is 1. The highest BCUT2D eigenvalue weighted by Gasteiger charge is 2.35. The van der Waals surface area contributed by atoms with Gasteiger partial charge < -0.3 is 20.6 Å². The molecule has 5 rings (SSSR count). The summed E-state index contributed by atoms with van der Waals surface area (Å²) in [6.45, 7) is 3.17. The quantitative estimate of drug-likeness (QED) is 0.394. The summed E-state index contributed by atoms with van der Waals surface area (Å²) in [5, 5.41) is 15.8. The topological polar surface area (TPSA) is 123 Å². The molecule has 0 spiro atoms. The number of benzene rings is 1. The number of alkyl halides is 3. The number of fused-ring (bicyclic) bond motifs is 1. The van der Waals surface area contributed by atoms with Crippen LogP contribution in [0.3, 0.4) is 0 Å².